The summed E-state index contributed by atoms with van der Waals surface area (Å²) in [7, 11) is 0. The first-order valence-electron chi connectivity index (χ1n) is 4.16. The van der Waals surface area contributed by atoms with Gasteiger partial charge in [0.15, 0.2) is 0 Å². The van der Waals surface area contributed by atoms with Gasteiger partial charge < -0.3 is 5.73 Å². The van der Waals surface area contributed by atoms with Crippen LogP contribution in [0.1, 0.15) is 0 Å². The molecule has 0 saturated carbocycles. The van der Waals surface area contributed by atoms with Crippen molar-refractivity contribution in [1.29, 1.82) is 0 Å². The molecule has 0 aliphatic carbocycles. The Kier molecular flexibility index (Phi) is 2.37. The fourth-order valence-corrected chi connectivity index (χ4v) is 1.44. The Morgan fingerprint density at radius 3 is 2.86 bits per heavy atom. The molecule has 0 amide bonds. The van der Waals surface area contributed by atoms with Crippen LogP contribution in [0.25, 0.3) is 11.3 Å². The molecule has 0 saturated heterocycles. The average Bonchev–Trinajstić information content (AvgIpc) is 2.20. The number of nitrogens with two attached hydrogens (primary N) is 1. The molecule has 1 heterocycles. The number of benzene rings is 1. The van der Waals surface area contributed by atoms with Crippen molar-refractivity contribution >= 4 is 17.3 Å². The van der Waals surface area contributed by atoms with Gasteiger partial charge >= 0.3 is 0 Å². The zero-order valence-corrected chi connectivity index (χ0v) is 8.12. The van der Waals surface area contributed by atoms with E-state index < -0.39 is 0 Å². The van der Waals surface area contributed by atoms with Gasteiger partial charge in [0.2, 0.25) is 0 Å². The van der Waals surface area contributed by atoms with Gasteiger partial charge in [-0.15, -0.1) is 0 Å². The van der Waals surface area contributed by atoms with Gasteiger partial charge in [-0.3, -0.25) is 4.98 Å². The molecule has 0 bridgehead atoms. The maximum atomic E-state index is 5.99. The molecule has 1 radical (unpaired) electrons. The lowest BCUT2D eigenvalue weighted by atomic mass is 10.1. The Balaban J connectivity index is 2.61. The molecular formula is C11H8ClN2. The van der Waals surface area contributed by atoms with Crippen molar-refractivity contribution in [2.75, 3.05) is 5.73 Å². The summed E-state index contributed by atoms with van der Waals surface area (Å²) < 4.78 is 0. The number of anilines is 1. The van der Waals surface area contributed by atoms with Crippen LogP contribution in [0.2, 0.25) is 5.02 Å². The highest BCUT2D eigenvalue weighted by Gasteiger charge is 2.06. The van der Waals surface area contributed by atoms with Gasteiger partial charge in [0.1, 0.15) is 0 Å². The lowest BCUT2D eigenvalue weighted by Gasteiger charge is -2.04. The number of hydrogen-bond donors (Lipinski definition) is 1. The first-order chi connectivity index (χ1) is 6.79. The van der Waals surface area contributed by atoms with E-state index in [1.807, 2.05) is 6.07 Å². The maximum absolute atomic E-state index is 5.99. The Morgan fingerprint density at radius 1 is 1.29 bits per heavy atom. The van der Waals surface area contributed by atoms with Crippen LogP contribution in [0.5, 0.6) is 0 Å². The maximum Gasteiger partial charge on any atom is 0.0915 e. The summed E-state index contributed by atoms with van der Waals surface area (Å²) in [6, 6.07) is 12.0. The molecule has 0 unspecified atom stereocenters. The molecule has 1 aromatic heterocycles. The second-order valence-corrected chi connectivity index (χ2v) is 3.24. The first-order valence-corrected chi connectivity index (χ1v) is 4.54. The molecule has 1 aromatic carbocycles. The Hall–Kier alpha value is -1.54. The van der Waals surface area contributed by atoms with E-state index in [0.29, 0.717) is 16.4 Å². The van der Waals surface area contributed by atoms with Crippen LogP contribution in [0.4, 0.5) is 5.69 Å². The molecule has 2 N–H and O–H groups in total. The minimum Gasteiger partial charge on any atom is -0.398 e. The van der Waals surface area contributed by atoms with Crippen LogP contribution < -0.4 is 5.73 Å². The summed E-state index contributed by atoms with van der Waals surface area (Å²) in [5.74, 6) is 0. The number of nitrogens with zero attached hydrogens (tertiary/aromatic N) is 1. The topological polar surface area (TPSA) is 38.9 Å². The van der Waals surface area contributed by atoms with Crippen LogP contribution in [0.15, 0.2) is 36.5 Å². The summed E-state index contributed by atoms with van der Waals surface area (Å²) in [5.41, 5.74) is 7.85. The van der Waals surface area contributed by atoms with E-state index in [4.69, 9.17) is 17.3 Å². The van der Waals surface area contributed by atoms with Gasteiger partial charge in [-0.1, -0.05) is 23.7 Å². The number of halogens is 1. The summed E-state index contributed by atoms with van der Waals surface area (Å²) in [4.78, 5) is 4.17. The van der Waals surface area contributed by atoms with E-state index in [9.17, 15) is 0 Å². The summed E-state index contributed by atoms with van der Waals surface area (Å²) in [6.07, 6.45) is 1.68. The van der Waals surface area contributed by atoms with Crippen molar-refractivity contribution in [2.24, 2.45) is 0 Å². The van der Waals surface area contributed by atoms with Crippen LogP contribution in [0.3, 0.4) is 0 Å². The van der Waals surface area contributed by atoms with Gasteiger partial charge in [-0.25, -0.2) is 0 Å². The van der Waals surface area contributed by atoms with Crippen LogP contribution in [0, 0.1) is 6.07 Å². The summed E-state index contributed by atoms with van der Waals surface area (Å²) in [6.45, 7) is 0. The molecule has 0 spiro atoms. The highest BCUT2D eigenvalue weighted by molar-refractivity contribution is 6.33. The van der Waals surface area contributed by atoms with Crippen molar-refractivity contribution < 1.29 is 0 Å². The third-order valence-corrected chi connectivity index (χ3v) is 2.19. The highest BCUT2D eigenvalue weighted by atomic mass is 35.5. The normalized spacial score (nSPS) is 10.1. The van der Waals surface area contributed by atoms with E-state index in [2.05, 4.69) is 11.1 Å². The van der Waals surface area contributed by atoms with Crippen molar-refractivity contribution in [2.45, 2.75) is 0 Å². The molecule has 14 heavy (non-hydrogen) atoms. The van der Waals surface area contributed by atoms with E-state index in [-0.39, 0.29) is 0 Å². The molecule has 2 aromatic rings. The fourth-order valence-electron chi connectivity index (χ4n) is 1.22. The Morgan fingerprint density at radius 2 is 2.14 bits per heavy atom. The number of hydrogen-bond acceptors (Lipinski definition) is 2. The number of aromatic nitrogens is 1. The molecule has 2 rings (SSSR count). The second kappa shape index (κ2) is 3.68. The third kappa shape index (κ3) is 1.56. The number of nitrogen functional groups attached to an aromatic ring is 1. The minimum absolute atomic E-state index is 0.585. The van der Waals surface area contributed by atoms with Crippen LogP contribution >= 0.6 is 11.6 Å². The van der Waals surface area contributed by atoms with E-state index in [1.54, 1.807) is 30.5 Å². The largest absolute Gasteiger partial charge is 0.398 e. The minimum atomic E-state index is 0.585. The molecule has 0 fully saturated rings. The zero-order valence-electron chi connectivity index (χ0n) is 7.37. The SMILES string of the molecule is Nc1ccc[c]c1-c1ncccc1Cl. The first kappa shape index (κ1) is 9.03. The predicted octanol–water partition coefficient (Wildman–Crippen LogP) is 2.78. The Labute approximate surface area is 87.4 Å². The van der Waals surface area contributed by atoms with E-state index in [0.717, 1.165) is 5.56 Å². The number of pyridine rings is 1. The molecule has 3 heteroatoms. The number of rotatable bonds is 1. The summed E-state index contributed by atoms with van der Waals surface area (Å²) in [5, 5.41) is 0.585. The zero-order chi connectivity index (χ0) is 9.97. The second-order valence-electron chi connectivity index (χ2n) is 2.83. The molecule has 0 atom stereocenters. The lowest BCUT2D eigenvalue weighted by molar-refractivity contribution is 1.33. The molecule has 0 aliphatic heterocycles. The molecule has 69 valence electrons. The van der Waals surface area contributed by atoms with Crippen molar-refractivity contribution in [3.8, 4) is 11.3 Å². The lowest BCUT2D eigenvalue weighted by Crippen LogP contribution is -1.91. The van der Waals surface area contributed by atoms with Gasteiger partial charge in [0, 0.05) is 17.4 Å². The van der Waals surface area contributed by atoms with Crippen LogP contribution in [-0.4, -0.2) is 4.98 Å². The quantitative estimate of drug-likeness (QED) is 0.724. The standard InChI is InChI=1S/C11H8ClN2/c12-9-5-3-7-14-11(9)8-4-1-2-6-10(8)13/h1-3,5-7H,13H2. The van der Waals surface area contributed by atoms with Gasteiger partial charge in [0.25, 0.3) is 0 Å². The Bertz CT molecular complexity index is 411. The van der Waals surface area contributed by atoms with E-state index in [1.165, 1.54) is 0 Å². The molecular weight excluding hydrogens is 196 g/mol. The van der Waals surface area contributed by atoms with Gasteiger partial charge in [0.05, 0.1) is 10.7 Å². The fraction of sp³-hybridized carbons (Fsp3) is 0. The highest BCUT2D eigenvalue weighted by Crippen LogP contribution is 2.28. The molecule has 2 nitrogen and oxygen atoms in total. The van der Waals surface area contributed by atoms with Crippen molar-refractivity contribution in [3.63, 3.8) is 0 Å². The molecule has 0 aliphatic rings. The van der Waals surface area contributed by atoms with Crippen molar-refractivity contribution in [3.05, 3.63) is 47.6 Å². The van der Waals surface area contributed by atoms with Gasteiger partial charge in [-0.05, 0) is 24.3 Å². The van der Waals surface area contributed by atoms with E-state index >= 15 is 0 Å². The van der Waals surface area contributed by atoms with Gasteiger partial charge in [-0.2, -0.15) is 0 Å². The van der Waals surface area contributed by atoms with Crippen molar-refractivity contribution in [1.82, 2.24) is 4.98 Å². The van der Waals surface area contributed by atoms with Crippen LogP contribution in [-0.2, 0) is 0 Å². The predicted molar refractivity (Wildman–Crippen MR) is 57.9 cm³/mol. The smallest absolute Gasteiger partial charge is 0.0915 e. The monoisotopic (exact) mass is 203 g/mol. The summed E-state index contributed by atoms with van der Waals surface area (Å²) >= 11 is 5.99. The third-order valence-electron chi connectivity index (χ3n) is 1.88. The average molecular weight is 204 g/mol.